The van der Waals surface area contributed by atoms with Crippen LogP contribution < -0.4 is 4.74 Å². The van der Waals surface area contributed by atoms with Crippen LogP contribution in [0.1, 0.15) is 30.0 Å². The Labute approximate surface area is 138 Å². The molecule has 0 amide bonds. The minimum Gasteiger partial charge on any atom is -0.406 e. The van der Waals surface area contributed by atoms with Crippen LogP contribution in [0.5, 0.6) is 5.75 Å². The van der Waals surface area contributed by atoms with Crippen molar-refractivity contribution < 1.29 is 17.9 Å². The average Bonchev–Trinajstić information content (AvgIpc) is 2.53. The molecule has 6 heteroatoms. The van der Waals surface area contributed by atoms with Gasteiger partial charge in [-0.15, -0.1) is 13.2 Å². The third-order valence-corrected chi connectivity index (χ3v) is 3.11. The summed E-state index contributed by atoms with van der Waals surface area (Å²) in [6.07, 6.45) is 0.535. The van der Waals surface area contributed by atoms with Crippen LogP contribution in [-0.4, -0.2) is 18.8 Å². The fourth-order valence-corrected chi connectivity index (χ4v) is 2.01. The first-order chi connectivity index (χ1) is 11.5. The fraction of sp³-hybridized carbons (Fsp3) is 0.222. The van der Waals surface area contributed by atoms with Gasteiger partial charge in [0, 0.05) is 0 Å². The molecule has 0 radical (unpaired) electrons. The average molecular weight is 334 g/mol. The molecule has 0 heterocycles. The zero-order chi connectivity index (χ0) is 17.4. The molecule has 0 saturated heterocycles. The number of rotatable bonds is 6. The van der Waals surface area contributed by atoms with E-state index in [2.05, 4.69) is 21.9 Å². The van der Waals surface area contributed by atoms with Crippen LogP contribution in [-0.2, 0) is 6.42 Å². The van der Waals surface area contributed by atoms with Crippen LogP contribution in [0.3, 0.4) is 0 Å². The third-order valence-electron chi connectivity index (χ3n) is 3.11. The highest BCUT2D eigenvalue weighted by Gasteiger charge is 2.30. The maximum absolute atomic E-state index is 12.1. The molecule has 0 spiro atoms. The molecular formula is C18H17F3N2O. The lowest BCUT2D eigenvalue weighted by molar-refractivity contribution is -0.274. The highest BCUT2D eigenvalue weighted by Crippen LogP contribution is 2.22. The summed E-state index contributed by atoms with van der Waals surface area (Å²) < 4.78 is 39.9. The van der Waals surface area contributed by atoms with Crippen LogP contribution >= 0.6 is 0 Å². The second-order valence-electron chi connectivity index (χ2n) is 5.10. The summed E-state index contributed by atoms with van der Waals surface area (Å²) in [6, 6.07) is 13.4. The van der Waals surface area contributed by atoms with Crippen molar-refractivity contribution >= 4 is 12.4 Å². The van der Waals surface area contributed by atoms with Gasteiger partial charge in [-0.2, -0.15) is 10.2 Å². The zero-order valence-electron chi connectivity index (χ0n) is 13.1. The summed E-state index contributed by atoms with van der Waals surface area (Å²) in [7, 11) is 0. The largest absolute Gasteiger partial charge is 0.573 e. The van der Waals surface area contributed by atoms with E-state index in [1.54, 1.807) is 6.21 Å². The van der Waals surface area contributed by atoms with Crippen molar-refractivity contribution in [1.29, 1.82) is 0 Å². The molecule has 126 valence electrons. The predicted octanol–water partition coefficient (Wildman–Crippen LogP) is 4.99. The molecule has 2 rings (SSSR count). The van der Waals surface area contributed by atoms with Crippen LogP contribution in [0, 0.1) is 0 Å². The molecule has 0 aliphatic rings. The minimum atomic E-state index is -4.69. The topological polar surface area (TPSA) is 34.0 Å². The first-order valence-electron chi connectivity index (χ1n) is 7.47. The molecule has 0 N–H and O–H groups in total. The Kier molecular flexibility index (Phi) is 6.12. The number of aryl methyl sites for hydroxylation is 1. The second kappa shape index (κ2) is 8.29. The lowest BCUT2D eigenvalue weighted by Gasteiger charge is -2.08. The van der Waals surface area contributed by atoms with E-state index < -0.39 is 6.36 Å². The van der Waals surface area contributed by atoms with Crippen molar-refractivity contribution in [2.45, 2.75) is 26.1 Å². The normalized spacial score (nSPS) is 12.2. The third kappa shape index (κ3) is 6.24. The molecule has 0 aromatic heterocycles. The number of halogens is 3. The van der Waals surface area contributed by atoms with Gasteiger partial charge in [0.2, 0.25) is 0 Å². The van der Waals surface area contributed by atoms with E-state index in [1.165, 1.54) is 36.0 Å². The number of ether oxygens (including phenoxy) is 1. The van der Waals surface area contributed by atoms with Gasteiger partial charge in [0.25, 0.3) is 0 Å². The molecule has 24 heavy (non-hydrogen) atoms. The Morgan fingerprint density at radius 3 is 1.83 bits per heavy atom. The van der Waals surface area contributed by atoms with Gasteiger partial charge >= 0.3 is 6.36 Å². The SMILES string of the molecule is CCCc1ccc(/C=N/N=C/c2ccc(OC(F)(F)F)cc2)cc1. The van der Waals surface area contributed by atoms with Crippen LogP contribution in [0.15, 0.2) is 58.7 Å². The van der Waals surface area contributed by atoms with Gasteiger partial charge < -0.3 is 4.74 Å². The molecule has 0 atom stereocenters. The molecular weight excluding hydrogens is 317 g/mol. The van der Waals surface area contributed by atoms with Crippen molar-refractivity contribution in [2.75, 3.05) is 0 Å². The first kappa shape index (κ1) is 17.7. The molecule has 0 aliphatic heterocycles. The molecule has 2 aromatic rings. The van der Waals surface area contributed by atoms with E-state index in [0.717, 1.165) is 18.4 Å². The van der Waals surface area contributed by atoms with Crippen LogP contribution in [0.2, 0.25) is 0 Å². The van der Waals surface area contributed by atoms with Crippen LogP contribution in [0.4, 0.5) is 13.2 Å². The molecule has 0 fully saturated rings. The van der Waals surface area contributed by atoms with E-state index in [9.17, 15) is 13.2 Å². The Bertz CT molecular complexity index is 690. The monoisotopic (exact) mass is 334 g/mol. The number of hydrogen-bond acceptors (Lipinski definition) is 3. The number of hydrogen-bond donors (Lipinski definition) is 0. The second-order valence-corrected chi connectivity index (χ2v) is 5.10. The van der Waals surface area contributed by atoms with E-state index in [-0.39, 0.29) is 5.75 Å². The summed E-state index contributed by atoms with van der Waals surface area (Å²) in [4.78, 5) is 0. The Morgan fingerprint density at radius 1 is 0.875 bits per heavy atom. The maximum Gasteiger partial charge on any atom is 0.573 e. The zero-order valence-corrected chi connectivity index (χ0v) is 13.1. The van der Waals surface area contributed by atoms with Crippen molar-refractivity contribution in [2.24, 2.45) is 10.2 Å². The summed E-state index contributed by atoms with van der Waals surface area (Å²) in [5, 5.41) is 7.81. The van der Waals surface area contributed by atoms with E-state index in [0.29, 0.717) is 5.56 Å². The summed E-state index contributed by atoms with van der Waals surface area (Å²) in [5.74, 6) is -0.268. The quantitative estimate of drug-likeness (QED) is 0.541. The van der Waals surface area contributed by atoms with Gasteiger partial charge in [-0.25, -0.2) is 0 Å². The van der Waals surface area contributed by atoms with E-state index in [4.69, 9.17) is 0 Å². The fourth-order valence-electron chi connectivity index (χ4n) is 2.01. The lowest BCUT2D eigenvalue weighted by Crippen LogP contribution is -2.16. The van der Waals surface area contributed by atoms with Gasteiger partial charge in [-0.05, 0) is 47.4 Å². The maximum atomic E-state index is 12.1. The smallest absolute Gasteiger partial charge is 0.406 e. The van der Waals surface area contributed by atoms with E-state index >= 15 is 0 Å². The van der Waals surface area contributed by atoms with E-state index in [1.807, 2.05) is 24.3 Å². The summed E-state index contributed by atoms with van der Waals surface area (Å²) >= 11 is 0. The predicted molar refractivity (Wildman–Crippen MR) is 88.8 cm³/mol. The van der Waals surface area contributed by atoms with Gasteiger partial charge in [-0.1, -0.05) is 37.6 Å². The Balaban J connectivity index is 1.91. The number of alkyl halides is 3. The first-order valence-corrected chi connectivity index (χ1v) is 7.47. The summed E-state index contributed by atoms with van der Waals surface area (Å²) in [6.45, 7) is 2.13. The highest BCUT2D eigenvalue weighted by atomic mass is 19.4. The molecule has 0 saturated carbocycles. The van der Waals surface area contributed by atoms with Gasteiger partial charge in [-0.3, -0.25) is 0 Å². The molecule has 0 aliphatic carbocycles. The Hall–Kier alpha value is -2.63. The number of benzene rings is 2. The van der Waals surface area contributed by atoms with Crippen molar-refractivity contribution in [1.82, 2.24) is 0 Å². The molecule has 0 unspecified atom stereocenters. The molecule has 2 aromatic carbocycles. The molecule has 0 bridgehead atoms. The van der Waals surface area contributed by atoms with Crippen LogP contribution in [0.25, 0.3) is 0 Å². The Morgan fingerprint density at radius 2 is 1.38 bits per heavy atom. The van der Waals surface area contributed by atoms with Crippen molar-refractivity contribution in [3.8, 4) is 5.75 Å². The van der Waals surface area contributed by atoms with Gasteiger partial charge in [0.1, 0.15) is 5.75 Å². The minimum absolute atomic E-state index is 0.268. The number of nitrogens with zero attached hydrogens (tertiary/aromatic N) is 2. The highest BCUT2D eigenvalue weighted by molar-refractivity contribution is 5.82. The van der Waals surface area contributed by atoms with Gasteiger partial charge in [0.05, 0.1) is 12.4 Å². The molecule has 3 nitrogen and oxygen atoms in total. The van der Waals surface area contributed by atoms with Crippen molar-refractivity contribution in [3.63, 3.8) is 0 Å². The van der Waals surface area contributed by atoms with Crippen molar-refractivity contribution in [3.05, 3.63) is 65.2 Å². The lowest BCUT2D eigenvalue weighted by atomic mass is 10.1. The summed E-state index contributed by atoms with van der Waals surface area (Å²) in [5.41, 5.74) is 2.83. The standard InChI is InChI=1S/C18H17F3N2O/c1-2-3-14-4-6-15(7-5-14)12-22-23-13-16-8-10-17(11-9-16)24-18(19,20)21/h4-13H,2-3H2,1H3/b22-12+,23-13+. The van der Waals surface area contributed by atoms with Gasteiger partial charge in [0.15, 0.2) is 0 Å².